The Labute approximate surface area is 111 Å². The van der Waals surface area contributed by atoms with Crippen molar-refractivity contribution in [3.05, 3.63) is 65.5 Å². The summed E-state index contributed by atoms with van der Waals surface area (Å²) in [5, 5.41) is 10.4. The van der Waals surface area contributed by atoms with E-state index in [1.54, 1.807) is 6.07 Å². The molecule has 0 aliphatic carbocycles. The van der Waals surface area contributed by atoms with Crippen LogP contribution >= 0.6 is 0 Å². The molecule has 0 spiro atoms. The molecule has 2 atom stereocenters. The van der Waals surface area contributed by atoms with E-state index in [0.717, 1.165) is 11.1 Å². The van der Waals surface area contributed by atoms with Gasteiger partial charge in [-0.3, -0.25) is 0 Å². The molecule has 98 valence electrons. The number of halogens is 1. The van der Waals surface area contributed by atoms with Crippen LogP contribution in [-0.2, 0) is 6.42 Å². The second-order valence-electron chi connectivity index (χ2n) is 5.16. The summed E-state index contributed by atoms with van der Waals surface area (Å²) in [7, 11) is 0. The molecule has 1 aliphatic rings. The smallest absolute Gasteiger partial charge is 0.140 e. The van der Waals surface area contributed by atoms with Gasteiger partial charge in [0.1, 0.15) is 23.3 Å². The highest BCUT2D eigenvalue weighted by molar-refractivity contribution is 5.42. The minimum Gasteiger partial charge on any atom is -0.484 e. The van der Waals surface area contributed by atoms with E-state index in [1.807, 2.05) is 37.3 Å². The monoisotopic (exact) mass is 258 g/mol. The normalized spacial score (nSPS) is 24.9. The zero-order valence-corrected chi connectivity index (χ0v) is 10.6. The van der Waals surface area contributed by atoms with Crippen LogP contribution in [0.4, 0.5) is 4.39 Å². The van der Waals surface area contributed by atoms with Gasteiger partial charge in [0.25, 0.3) is 0 Å². The van der Waals surface area contributed by atoms with E-state index in [1.165, 1.54) is 12.1 Å². The fourth-order valence-corrected chi connectivity index (χ4v) is 2.62. The van der Waals surface area contributed by atoms with Crippen molar-refractivity contribution in [3.63, 3.8) is 0 Å². The largest absolute Gasteiger partial charge is 0.484 e. The first kappa shape index (κ1) is 12.2. The predicted molar refractivity (Wildman–Crippen MR) is 70.5 cm³/mol. The summed E-state index contributed by atoms with van der Waals surface area (Å²) in [6, 6.07) is 13.8. The van der Waals surface area contributed by atoms with Crippen molar-refractivity contribution < 1.29 is 14.2 Å². The summed E-state index contributed by atoms with van der Waals surface area (Å²) in [4.78, 5) is 0. The van der Waals surface area contributed by atoms with Crippen molar-refractivity contribution in [1.29, 1.82) is 0 Å². The van der Waals surface area contributed by atoms with Gasteiger partial charge in [-0.1, -0.05) is 30.3 Å². The Balaban J connectivity index is 1.90. The summed E-state index contributed by atoms with van der Waals surface area (Å²) < 4.78 is 19.1. The van der Waals surface area contributed by atoms with E-state index >= 15 is 0 Å². The van der Waals surface area contributed by atoms with E-state index in [2.05, 4.69) is 0 Å². The molecule has 3 heteroatoms. The van der Waals surface area contributed by atoms with E-state index in [9.17, 15) is 9.50 Å². The Bertz CT molecular complexity index is 611. The molecule has 0 saturated carbocycles. The maximum absolute atomic E-state index is 13.2. The summed E-state index contributed by atoms with van der Waals surface area (Å²) in [5.41, 5.74) is 0.855. The molecule has 0 bridgehead atoms. The van der Waals surface area contributed by atoms with Crippen molar-refractivity contribution in [2.75, 3.05) is 0 Å². The fourth-order valence-electron chi connectivity index (χ4n) is 2.62. The number of aliphatic hydroxyl groups is 1. The lowest BCUT2D eigenvalue weighted by Crippen LogP contribution is -2.37. The van der Waals surface area contributed by atoms with Crippen molar-refractivity contribution >= 4 is 0 Å². The molecule has 1 heterocycles. The molecule has 0 aromatic heterocycles. The van der Waals surface area contributed by atoms with Crippen LogP contribution in [0.25, 0.3) is 0 Å². The number of aliphatic hydroxyl groups excluding tert-OH is 1. The maximum atomic E-state index is 13.2. The van der Waals surface area contributed by atoms with Gasteiger partial charge in [0.15, 0.2) is 0 Å². The number of ether oxygens (including phenoxy) is 1. The number of para-hydroxylation sites is 1. The van der Waals surface area contributed by atoms with Crippen LogP contribution in [0, 0.1) is 5.82 Å². The van der Waals surface area contributed by atoms with Gasteiger partial charge in [0.05, 0.1) is 0 Å². The highest BCUT2D eigenvalue weighted by Gasteiger charge is 2.43. The van der Waals surface area contributed by atoms with E-state index in [4.69, 9.17) is 4.74 Å². The van der Waals surface area contributed by atoms with Gasteiger partial charge in [0, 0.05) is 12.0 Å². The van der Waals surface area contributed by atoms with Gasteiger partial charge in [-0.25, -0.2) is 4.39 Å². The summed E-state index contributed by atoms with van der Waals surface area (Å²) in [6.45, 7) is 1.85. The van der Waals surface area contributed by atoms with Gasteiger partial charge in [-0.15, -0.1) is 0 Å². The SMILES string of the molecule is C[C@@]1(Cc2cccc(F)c2)Oc2ccccc2[C@@H]1O. The molecule has 19 heavy (non-hydrogen) atoms. The molecule has 0 saturated heterocycles. The lowest BCUT2D eigenvalue weighted by atomic mass is 9.89. The molecule has 1 aliphatic heterocycles. The van der Waals surface area contributed by atoms with Crippen LogP contribution in [0.2, 0.25) is 0 Å². The van der Waals surface area contributed by atoms with Gasteiger partial charge in [-0.05, 0) is 30.7 Å². The highest BCUT2D eigenvalue weighted by atomic mass is 19.1. The molecular weight excluding hydrogens is 243 g/mol. The summed E-state index contributed by atoms with van der Waals surface area (Å²) >= 11 is 0. The average Bonchev–Trinajstić information content (AvgIpc) is 2.62. The third-order valence-corrected chi connectivity index (χ3v) is 3.58. The van der Waals surface area contributed by atoms with Crippen LogP contribution in [0.3, 0.4) is 0 Å². The Morgan fingerprint density at radius 3 is 2.74 bits per heavy atom. The minimum atomic E-state index is -0.752. The van der Waals surface area contributed by atoms with Crippen LogP contribution in [0.1, 0.15) is 24.2 Å². The average molecular weight is 258 g/mol. The van der Waals surface area contributed by atoms with Gasteiger partial charge in [-0.2, -0.15) is 0 Å². The number of benzene rings is 2. The third kappa shape index (κ3) is 2.10. The van der Waals surface area contributed by atoms with E-state index in [-0.39, 0.29) is 5.82 Å². The molecule has 2 nitrogen and oxygen atoms in total. The number of fused-ring (bicyclic) bond motifs is 1. The van der Waals surface area contributed by atoms with E-state index in [0.29, 0.717) is 12.2 Å². The quantitative estimate of drug-likeness (QED) is 0.896. The summed E-state index contributed by atoms with van der Waals surface area (Å²) in [6.07, 6.45) is -0.243. The van der Waals surface area contributed by atoms with Crippen LogP contribution in [0.15, 0.2) is 48.5 Å². The third-order valence-electron chi connectivity index (χ3n) is 3.58. The molecule has 2 aromatic carbocycles. The lowest BCUT2D eigenvalue weighted by molar-refractivity contribution is -0.0136. The van der Waals surface area contributed by atoms with Gasteiger partial charge in [0.2, 0.25) is 0 Å². The zero-order valence-electron chi connectivity index (χ0n) is 10.6. The molecule has 1 N–H and O–H groups in total. The molecule has 0 unspecified atom stereocenters. The van der Waals surface area contributed by atoms with Crippen molar-refractivity contribution in [3.8, 4) is 5.75 Å². The molecule has 2 aromatic rings. The highest BCUT2D eigenvalue weighted by Crippen LogP contribution is 2.44. The Kier molecular flexibility index (Phi) is 2.79. The lowest BCUT2D eigenvalue weighted by Gasteiger charge is -2.27. The first-order chi connectivity index (χ1) is 9.08. The molecular formula is C16H15FO2. The molecule has 0 radical (unpaired) electrons. The van der Waals surface area contributed by atoms with Gasteiger partial charge < -0.3 is 9.84 Å². The standard InChI is InChI=1S/C16H15FO2/c1-16(10-11-5-4-6-12(17)9-11)15(18)13-7-2-3-8-14(13)19-16/h2-9,15,18H,10H2,1H3/t15-,16-/m0/s1. The topological polar surface area (TPSA) is 29.5 Å². The predicted octanol–water partition coefficient (Wildman–Crippen LogP) is 3.25. The second kappa shape index (κ2) is 4.35. The number of hydrogen-bond acceptors (Lipinski definition) is 2. The van der Waals surface area contributed by atoms with Crippen molar-refractivity contribution in [2.45, 2.75) is 25.0 Å². The van der Waals surface area contributed by atoms with Gasteiger partial charge >= 0.3 is 0 Å². The van der Waals surface area contributed by atoms with Crippen LogP contribution in [-0.4, -0.2) is 10.7 Å². The maximum Gasteiger partial charge on any atom is 0.140 e. The Morgan fingerprint density at radius 2 is 2.00 bits per heavy atom. The van der Waals surface area contributed by atoms with Crippen molar-refractivity contribution in [1.82, 2.24) is 0 Å². The number of hydrogen-bond donors (Lipinski definition) is 1. The fraction of sp³-hybridized carbons (Fsp3) is 0.250. The van der Waals surface area contributed by atoms with Crippen LogP contribution < -0.4 is 4.74 Å². The van der Waals surface area contributed by atoms with E-state index < -0.39 is 11.7 Å². The number of rotatable bonds is 2. The van der Waals surface area contributed by atoms with Crippen LogP contribution in [0.5, 0.6) is 5.75 Å². The summed E-state index contributed by atoms with van der Waals surface area (Å²) in [5.74, 6) is 0.431. The molecule has 3 rings (SSSR count). The second-order valence-corrected chi connectivity index (χ2v) is 5.16. The first-order valence-electron chi connectivity index (χ1n) is 6.29. The first-order valence-corrected chi connectivity index (χ1v) is 6.29. The molecule has 0 fully saturated rings. The molecule has 0 amide bonds. The Morgan fingerprint density at radius 1 is 1.21 bits per heavy atom. The Hall–Kier alpha value is -1.87. The minimum absolute atomic E-state index is 0.272. The zero-order chi connectivity index (χ0) is 13.5. The van der Waals surface area contributed by atoms with Crippen molar-refractivity contribution in [2.24, 2.45) is 0 Å².